The highest BCUT2D eigenvalue weighted by Crippen LogP contribution is 2.26. The molecule has 8 nitrogen and oxygen atoms in total. The number of hydrogen-bond donors (Lipinski definition) is 0. The second-order valence-electron chi connectivity index (χ2n) is 10.3. The van der Waals surface area contributed by atoms with Gasteiger partial charge in [-0.2, -0.15) is 10.5 Å². The number of halogens is 2. The summed E-state index contributed by atoms with van der Waals surface area (Å²) >= 11 is 0. The molecule has 1 aromatic heterocycles. The molecular formula is C30H31F2N7O. The molecule has 5 rings (SSSR count). The minimum Gasteiger partial charge on any atom is -0.368 e. The van der Waals surface area contributed by atoms with Crippen LogP contribution in [0.15, 0.2) is 42.5 Å². The minimum atomic E-state index is -1.05. The normalized spacial score (nSPS) is 16.1. The first-order valence-corrected chi connectivity index (χ1v) is 13.4. The first-order chi connectivity index (χ1) is 19.3. The minimum absolute atomic E-state index is 0.0692. The second-order valence-corrected chi connectivity index (χ2v) is 10.3. The second kappa shape index (κ2) is 11.4. The molecule has 0 aliphatic carbocycles. The van der Waals surface area contributed by atoms with Crippen LogP contribution in [0, 0.1) is 41.2 Å². The number of aromatic nitrogens is 1. The van der Waals surface area contributed by atoms with Gasteiger partial charge in [0.25, 0.3) is 5.91 Å². The summed E-state index contributed by atoms with van der Waals surface area (Å²) < 4.78 is 29.4. The molecule has 3 heterocycles. The average Bonchev–Trinajstić information content (AvgIpc) is 3.26. The molecule has 2 fully saturated rings. The molecule has 3 aromatic rings. The molecule has 10 heteroatoms. The van der Waals surface area contributed by atoms with E-state index in [-0.39, 0.29) is 11.5 Å². The average molecular weight is 544 g/mol. The van der Waals surface area contributed by atoms with Gasteiger partial charge in [-0.3, -0.25) is 9.69 Å². The number of benzene rings is 2. The molecule has 0 N–H and O–H groups in total. The summed E-state index contributed by atoms with van der Waals surface area (Å²) in [5.41, 5.74) is 4.86. The van der Waals surface area contributed by atoms with Crippen LogP contribution in [0.3, 0.4) is 0 Å². The van der Waals surface area contributed by atoms with Crippen LogP contribution in [0.25, 0.3) is 0 Å². The molecule has 0 spiro atoms. The fourth-order valence-electron chi connectivity index (χ4n) is 5.56. The van der Waals surface area contributed by atoms with Gasteiger partial charge in [-0.05, 0) is 36.8 Å². The van der Waals surface area contributed by atoms with Crippen LogP contribution < -0.4 is 9.80 Å². The molecule has 0 bridgehead atoms. The molecule has 2 aliphatic rings. The van der Waals surface area contributed by atoms with Gasteiger partial charge >= 0.3 is 0 Å². The van der Waals surface area contributed by atoms with E-state index < -0.39 is 11.6 Å². The van der Waals surface area contributed by atoms with Gasteiger partial charge in [0.05, 0.1) is 22.5 Å². The van der Waals surface area contributed by atoms with Crippen LogP contribution in [0.1, 0.15) is 32.9 Å². The van der Waals surface area contributed by atoms with Gasteiger partial charge in [0.1, 0.15) is 17.8 Å². The van der Waals surface area contributed by atoms with E-state index in [1.54, 1.807) is 4.90 Å². The summed E-state index contributed by atoms with van der Waals surface area (Å²) in [5, 5.41) is 18.8. The maximum absolute atomic E-state index is 13.9. The molecule has 0 saturated carbocycles. The Hall–Kier alpha value is -4.41. The van der Waals surface area contributed by atoms with Crippen molar-refractivity contribution in [2.75, 3.05) is 62.2 Å². The number of para-hydroxylation sites is 1. The quantitative estimate of drug-likeness (QED) is 0.489. The number of carbonyl (C=O) groups is 1. The highest BCUT2D eigenvalue weighted by molar-refractivity contribution is 5.93. The van der Waals surface area contributed by atoms with Crippen LogP contribution in [0.5, 0.6) is 0 Å². The van der Waals surface area contributed by atoms with E-state index >= 15 is 0 Å². The van der Waals surface area contributed by atoms with Crippen molar-refractivity contribution in [2.24, 2.45) is 7.05 Å². The number of amides is 1. The molecule has 2 aliphatic heterocycles. The van der Waals surface area contributed by atoms with Crippen LogP contribution in [-0.4, -0.2) is 72.6 Å². The van der Waals surface area contributed by atoms with Gasteiger partial charge in [0, 0.05) is 77.7 Å². The lowest BCUT2D eigenvalue weighted by molar-refractivity contribution is 0.0737. The van der Waals surface area contributed by atoms with E-state index in [1.807, 2.05) is 59.8 Å². The third kappa shape index (κ3) is 5.23. The zero-order chi connectivity index (χ0) is 28.4. The Balaban J connectivity index is 1.21. The Bertz CT molecular complexity index is 1500. The van der Waals surface area contributed by atoms with Crippen LogP contribution in [-0.2, 0) is 13.6 Å². The zero-order valence-corrected chi connectivity index (χ0v) is 22.7. The van der Waals surface area contributed by atoms with Crippen LogP contribution in [0.4, 0.5) is 20.2 Å². The van der Waals surface area contributed by atoms with Crippen molar-refractivity contribution < 1.29 is 13.6 Å². The molecule has 2 saturated heterocycles. The predicted octanol–water partition coefficient (Wildman–Crippen LogP) is 3.64. The summed E-state index contributed by atoms with van der Waals surface area (Å²) in [5.74, 6) is -2.11. The number of carbonyl (C=O) groups excluding carboxylic acids is 1. The van der Waals surface area contributed by atoms with Gasteiger partial charge in [-0.25, -0.2) is 8.78 Å². The molecule has 0 radical (unpaired) electrons. The van der Waals surface area contributed by atoms with E-state index in [2.05, 4.69) is 15.9 Å². The lowest BCUT2D eigenvalue weighted by atomic mass is 10.1. The van der Waals surface area contributed by atoms with Crippen molar-refractivity contribution in [3.8, 4) is 12.1 Å². The molecule has 1 amide bonds. The summed E-state index contributed by atoms with van der Waals surface area (Å²) in [4.78, 5) is 21.7. The highest BCUT2D eigenvalue weighted by Gasteiger charge is 2.28. The molecule has 0 atom stereocenters. The molecule has 2 aromatic carbocycles. The Morgan fingerprint density at radius 2 is 1.43 bits per heavy atom. The van der Waals surface area contributed by atoms with E-state index in [1.165, 1.54) is 0 Å². The lowest BCUT2D eigenvalue weighted by Gasteiger charge is -2.36. The highest BCUT2D eigenvalue weighted by atomic mass is 19.2. The third-order valence-electron chi connectivity index (χ3n) is 8.06. The van der Waals surface area contributed by atoms with Crippen LogP contribution >= 0.6 is 0 Å². The summed E-state index contributed by atoms with van der Waals surface area (Å²) in [6, 6.07) is 15.8. The van der Waals surface area contributed by atoms with E-state index in [4.69, 9.17) is 0 Å². The topological polar surface area (TPSA) is 82.5 Å². The predicted molar refractivity (Wildman–Crippen MR) is 148 cm³/mol. The zero-order valence-electron chi connectivity index (χ0n) is 22.7. The largest absolute Gasteiger partial charge is 0.368 e. The summed E-state index contributed by atoms with van der Waals surface area (Å²) in [6.07, 6.45) is 0. The SMILES string of the molecule is Cc1c(CN2CCN(c3ccccc3C#N)CC2)cc(C(=O)N2CCN(c3cc(F)c(F)cc3C#N)CC2)n1C. The van der Waals surface area contributed by atoms with Crippen molar-refractivity contribution in [1.29, 1.82) is 10.5 Å². The maximum atomic E-state index is 13.9. The lowest BCUT2D eigenvalue weighted by Crippen LogP contribution is -2.49. The Morgan fingerprint density at radius 3 is 2.10 bits per heavy atom. The van der Waals surface area contributed by atoms with Gasteiger partial charge in [-0.15, -0.1) is 0 Å². The molecular weight excluding hydrogens is 512 g/mol. The van der Waals surface area contributed by atoms with Crippen molar-refractivity contribution in [1.82, 2.24) is 14.4 Å². The van der Waals surface area contributed by atoms with E-state index in [0.29, 0.717) is 43.1 Å². The van der Waals surface area contributed by atoms with Crippen molar-refractivity contribution in [2.45, 2.75) is 13.5 Å². The van der Waals surface area contributed by atoms with Crippen molar-refractivity contribution in [3.63, 3.8) is 0 Å². The maximum Gasteiger partial charge on any atom is 0.270 e. The monoisotopic (exact) mass is 543 g/mol. The summed E-state index contributed by atoms with van der Waals surface area (Å²) in [6.45, 7) is 7.78. The van der Waals surface area contributed by atoms with Gasteiger partial charge in [0.2, 0.25) is 0 Å². The van der Waals surface area contributed by atoms with Crippen molar-refractivity contribution >= 4 is 17.3 Å². The number of nitriles is 2. The number of rotatable bonds is 5. The van der Waals surface area contributed by atoms with Crippen molar-refractivity contribution in [3.05, 3.63) is 82.2 Å². The number of piperazine rings is 2. The standard InChI is InChI=1S/C30H31F2N7O/c1-21-24(20-36-7-9-37(10-8-36)27-6-4-3-5-22(27)18-33)16-29(35(21)2)30(40)39-13-11-38(12-14-39)28-17-26(32)25(31)15-23(28)19-34/h3-6,15-17H,7-14,20H2,1-2H3. The van der Waals surface area contributed by atoms with E-state index in [0.717, 1.165) is 61.8 Å². The fourth-order valence-corrected chi connectivity index (χ4v) is 5.56. The summed E-state index contributed by atoms with van der Waals surface area (Å²) in [7, 11) is 1.90. The van der Waals surface area contributed by atoms with Gasteiger partial charge in [-0.1, -0.05) is 12.1 Å². The Labute approximate surface area is 232 Å². The third-order valence-corrected chi connectivity index (χ3v) is 8.06. The molecule has 40 heavy (non-hydrogen) atoms. The van der Waals surface area contributed by atoms with E-state index in [9.17, 15) is 24.1 Å². The number of nitrogens with zero attached hydrogens (tertiary/aromatic N) is 7. The van der Waals surface area contributed by atoms with Gasteiger partial charge in [0.15, 0.2) is 11.6 Å². The number of hydrogen-bond acceptors (Lipinski definition) is 6. The molecule has 206 valence electrons. The number of anilines is 2. The first kappa shape index (κ1) is 27.2. The van der Waals surface area contributed by atoms with Crippen LogP contribution in [0.2, 0.25) is 0 Å². The fraction of sp³-hybridized carbons (Fsp3) is 0.367. The smallest absolute Gasteiger partial charge is 0.270 e. The first-order valence-electron chi connectivity index (χ1n) is 13.4. The molecule has 0 unspecified atom stereocenters. The Kier molecular flexibility index (Phi) is 7.72. The van der Waals surface area contributed by atoms with Gasteiger partial charge < -0.3 is 19.3 Å². The Morgan fingerprint density at radius 1 is 0.825 bits per heavy atom.